The molecule has 166 valence electrons. The van der Waals surface area contributed by atoms with Gasteiger partial charge in [-0.05, 0) is 41.5 Å². The maximum atomic E-state index is 13.2. The maximum absolute atomic E-state index is 13.2. The summed E-state index contributed by atoms with van der Waals surface area (Å²) >= 11 is 0. The van der Waals surface area contributed by atoms with E-state index < -0.39 is 29.3 Å². The van der Waals surface area contributed by atoms with Gasteiger partial charge >= 0.3 is 6.18 Å². The fourth-order valence-corrected chi connectivity index (χ4v) is 3.70. The molecule has 0 spiro atoms. The lowest BCUT2D eigenvalue weighted by molar-refractivity contribution is -0.137. The second-order valence-electron chi connectivity index (χ2n) is 7.45. The highest BCUT2D eigenvalue weighted by molar-refractivity contribution is 5.96. The second kappa shape index (κ2) is 8.81. The fourth-order valence-electron chi connectivity index (χ4n) is 3.70. The summed E-state index contributed by atoms with van der Waals surface area (Å²) in [5.41, 5.74) is 0.981. The first-order valence-corrected chi connectivity index (χ1v) is 10.0. The Labute approximate surface area is 187 Å². The number of aliphatic hydroxyl groups excluding tert-OH is 1. The number of halogens is 3. The van der Waals surface area contributed by atoms with Crippen LogP contribution in [0.5, 0.6) is 0 Å². The first-order chi connectivity index (χ1) is 15.8. The minimum Gasteiger partial charge on any atom is -0.381 e. The molecule has 0 aliphatic carbocycles. The third kappa shape index (κ3) is 4.59. The molecule has 1 aromatic heterocycles. The molecular formula is C25H18F3N3O2. The molecule has 1 atom stereocenters. The minimum atomic E-state index is -4.75. The molecule has 4 rings (SSSR count). The molecule has 1 amide bonds. The number of nitrogens with one attached hydrogen (secondary N) is 1. The molecule has 0 fully saturated rings. The van der Waals surface area contributed by atoms with Crippen molar-refractivity contribution in [3.8, 4) is 17.2 Å². The van der Waals surface area contributed by atoms with Crippen LogP contribution in [0, 0.1) is 11.3 Å². The number of carbonyl (C=O) groups excluding carboxylic acids is 1. The van der Waals surface area contributed by atoms with Crippen LogP contribution in [-0.2, 0) is 17.5 Å². The normalized spacial score (nSPS) is 12.3. The zero-order valence-electron chi connectivity index (χ0n) is 17.2. The van der Waals surface area contributed by atoms with Crippen molar-refractivity contribution in [1.29, 1.82) is 5.26 Å². The van der Waals surface area contributed by atoms with Gasteiger partial charge in [0.2, 0.25) is 0 Å². The quantitative estimate of drug-likeness (QED) is 0.440. The lowest BCUT2D eigenvalue weighted by Gasteiger charge is -2.15. The average molecular weight is 449 g/mol. The first-order valence-electron chi connectivity index (χ1n) is 10.0. The Kier molecular flexibility index (Phi) is 5.90. The number of hydrogen-bond acceptors (Lipinski definition) is 3. The van der Waals surface area contributed by atoms with E-state index in [1.807, 2.05) is 54.6 Å². The molecule has 0 aliphatic heterocycles. The highest BCUT2D eigenvalue weighted by Crippen LogP contribution is 2.34. The van der Waals surface area contributed by atoms with Gasteiger partial charge in [0.05, 0.1) is 23.7 Å². The number of amides is 1. The van der Waals surface area contributed by atoms with Crippen LogP contribution < -0.4 is 5.32 Å². The second-order valence-corrected chi connectivity index (χ2v) is 7.45. The van der Waals surface area contributed by atoms with Crippen LogP contribution in [0.25, 0.3) is 22.0 Å². The number of hydrogen-bond donors (Lipinski definition) is 2. The summed E-state index contributed by atoms with van der Waals surface area (Å²) < 4.78 is 41.2. The summed E-state index contributed by atoms with van der Waals surface area (Å²) in [6.07, 6.45) is -4.51. The SMILES string of the molecule is N#Cc1ccc(NC(=O)[C@@H](O)Cn2ccc3c(-c4ccccc4)cccc32)cc1C(F)(F)F. The number of carbonyl (C=O) groups is 1. The van der Waals surface area contributed by atoms with Crippen LogP contribution in [0.1, 0.15) is 11.1 Å². The summed E-state index contributed by atoms with van der Waals surface area (Å²) in [6.45, 7) is -0.0873. The number of alkyl halides is 3. The van der Waals surface area contributed by atoms with Crippen molar-refractivity contribution in [2.24, 2.45) is 0 Å². The van der Waals surface area contributed by atoms with E-state index in [1.165, 1.54) is 12.1 Å². The Balaban J connectivity index is 1.54. The summed E-state index contributed by atoms with van der Waals surface area (Å²) in [6, 6.07) is 21.7. The fraction of sp³-hybridized carbons (Fsp3) is 0.120. The van der Waals surface area contributed by atoms with Crippen LogP contribution in [-0.4, -0.2) is 21.7 Å². The summed E-state index contributed by atoms with van der Waals surface area (Å²) in [4.78, 5) is 12.5. The number of fused-ring (bicyclic) bond motifs is 1. The van der Waals surface area contributed by atoms with Gasteiger partial charge in [-0.1, -0.05) is 42.5 Å². The van der Waals surface area contributed by atoms with Gasteiger partial charge in [-0.25, -0.2) is 0 Å². The van der Waals surface area contributed by atoms with E-state index >= 15 is 0 Å². The van der Waals surface area contributed by atoms with Crippen molar-refractivity contribution < 1.29 is 23.1 Å². The Morgan fingerprint density at radius 3 is 2.52 bits per heavy atom. The first kappa shape index (κ1) is 22.1. The van der Waals surface area contributed by atoms with Crippen molar-refractivity contribution in [3.05, 3.63) is 90.1 Å². The molecule has 0 aliphatic rings. The molecule has 8 heteroatoms. The van der Waals surface area contributed by atoms with Crippen molar-refractivity contribution in [2.75, 3.05) is 5.32 Å². The van der Waals surface area contributed by atoms with Crippen LogP contribution in [0.4, 0.5) is 18.9 Å². The number of anilines is 1. The smallest absolute Gasteiger partial charge is 0.381 e. The Morgan fingerprint density at radius 1 is 1.06 bits per heavy atom. The van der Waals surface area contributed by atoms with Crippen molar-refractivity contribution in [1.82, 2.24) is 4.57 Å². The summed E-state index contributed by atoms with van der Waals surface area (Å²) in [5, 5.41) is 22.5. The molecule has 0 bridgehead atoms. The summed E-state index contributed by atoms with van der Waals surface area (Å²) in [5.74, 6) is -0.853. The number of aliphatic hydroxyl groups is 1. The number of aromatic nitrogens is 1. The predicted molar refractivity (Wildman–Crippen MR) is 118 cm³/mol. The number of nitriles is 1. The van der Waals surface area contributed by atoms with Crippen LogP contribution in [0.3, 0.4) is 0 Å². The predicted octanol–water partition coefficient (Wildman–Crippen LogP) is 5.20. The van der Waals surface area contributed by atoms with Crippen LogP contribution in [0.2, 0.25) is 0 Å². The van der Waals surface area contributed by atoms with E-state index in [4.69, 9.17) is 5.26 Å². The molecule has 0 saturated carbocycles. The molecule has 3 aromatic carbocycles. The molecule has 2 N–H and O–H groups in total. The van der Waals surface area contributed by atoms with Gasteiger partial charge in [-0.15, -0.1) is 0 Å². The molecule has 33 heavy (non-hydrogen) atoms. The van der Waals surface area contributed by atoms with Gasteiger partial charge in [-0.2, -0.15) is 18.4 Å². The maximum Gasteiger partial charge on any atom is 0.417 e. The Bertz CT molecular complexity index is 1360. The highest BCUT2D eigenvalue weighted by atomic mass is 19.4. The molecule has 4 aromatic rings. The monoisotopic (exact) mass is 449 g/mol. The molecule has 0 radical (unpaired) electrons. The minimum absolute atomic E-state index is 0.0873. The van der Waals surface area contributed by atoms with Crippen molar-refractivity contribution >= 4 is 22.5 Å². The van der Waals surface area contributed by atoms with Crippen molar-refractivity contribution in [2.45, 2.75) is 18.8 Å². The zero-order chi connectivity index (χ0) is 23.6. The van der Waals surface area contributed by atoms with E-state index in [-0.39, 0.29) is 12.2 Å². The largest absolute Gasteiger partial charge is 0.417 e. The zero-order valence-corrected chi connectivity index (χ0v) is 17.2. The molecule has 0 unspecified atom stereocenters. The standard InChI is InChI=1S/C25H18F3N3O2/c26-25(27,28)21-13-18(10-9-17(21)14-29)30-24(33)23(32)15-31-12-11-20-19(7-4-8-22(20)31)16-5-2-1-3-6-16/h1-13,23,32H,15H2,(H,30,33)/t23-/m0/s1. The van der Waals surface area contributed by atoms with E-state index in [9.17, 15) is 23.1 Å². The third-order valence-electron chi connectivity index (χ3n) is 5.28. The van der Waals surface area contributed by atoms with Crippen LogP contribution >= 0.6 is 0 Å². The molecule has 1 heterocycles. The lowest BCUT2D eigenvalue weighted by Crippen LogP contribution is -2.31. The molecule has 5 nitrogen and oxygen atoms in total. The van der Waals surface area contributed by atoms with E-state index in [0.29, 0.717) is 6.07 Å². The van der Waals surface area contributed by atoms with Gasteiger partial charge < -0.3 is 15.0 Å². The van der Waals surface area contributed by atoms with Gasteiger partial charge in [0, 0.05) is 22.8 Å². The number of nitrogens with zero attached hydrogens (tertiary/aromatic N) is 2. The van der Waals surface area contributed by atoms with E-state index in [2.05, 4.69) is 5.32 Å². The van der Waals surface area contributed by atoms with E-state index in [0.717, 1.165) is 28.1 Å². The highest BCUT2D eigenvalue weighted by Gasteiger charge is 2.34. The van der Waals surface area contributed by atoms with Gasteiger partial charge in [-0.3, -0.25) is 4.79 Å². The van der Waals surface area contributed by atoms with E-state index in [1.54, 1.807) is 10.8 Å². The molecular weight excluding hydrogens is 431 g/mol. The van der Waals surface area contributed by atoms with Gasteiger partial charge in [0.1, 0.15) is 0 Å². The lowest BCUT2D eigenvalue weighted by atomic mass is 10.0. The number of rotatable bonds is 5. The van der Waals surface area contributed by atoms with Crippen molar-refractivity contribution in [3.63, 3.8) is 0 Å². The Hall–Kier alpha value is -4.09. The van der Waals surface area contributed by atoms with Gasteiger partial charge in [0.25, 0.3) is 5.91 Å². The number of benzene rings is 3. The summed E-state index contributed by atoms with van der Waals surface area (Å²) in [7, 11) is 0. The average Bonchev–Trinajstić information content (AvgIpc) is 3.22. The van der Waals surface area contributed by atoms with Crippen LogP contribution in [0.15, 0.2) is 79.0 Å². The Morgan fingerprint density at radius 2 is 1.82 bits per heavy atom. The molecule has 0 saturated heterocycles. The topological polar surface area (TPSA) is 78.1 Å². The third-order valence-corrected chi connectivity index (χ3v) is 5.28. The van der Waals surface area contributed by atoms with Gasteiger partial charge in [0.15, 0.2) is 6.10 Å².